The molecule has 0 aliphatic carbocycles. The number of hydrogen-bond donors (Lipinski definition) is 2. The number of ketones is 1. The molecule has 0 spiro atoms. The van der Waals surface area contributed by atoms with Crippen molar-refractivity contribution in [2.75, 3.05) is 24.3 Å². The number of esters is 1. The fraction of sp³-hybridized carbons (Fsp3) is 0.100. The molecule has 1 heterocycles. The molecule has 0 radical (unpaired) electrons. The van der Waals surface area contributed by atoms with Crippen LogP contribution in [-0.2, 0) is 9.53 Å². The Morgan fingerprint density at radius 2 is 1.87 bits per heavy atom. The van der Waals surface area contributed by atoms with Crippen LogP contribution in [0.5, 0.6) is 0 Å². The van der Waals surface area contributed by atoms with E-state index >= 15 is 0 Å². The van der Waals surface area contributed by atoms with Gasteiger partial charge in [0.2, 0.25) is 0 Å². The number of ether oxygens (including phenoxy) is 1. The topological polar surface area (TPSA) is 154 Å². The molecule has 3 aromatic rings. The second-order valence-electron chi connectivity index (χ2n) is 6.12. The van der Waals surface area contributed by atoms with Crippen LogP contribution in [0.1, 0.15) is 26.3 Å². The summed E-state index contributed by atoms with van der Waals surface area (Å²) in [5.41, 5.74) is -0.113. The third kappa shape index (κ3) is 4.90. The second kappa shape index (κ2) is 9.31. The van der Waals surface area contributed by atoms with Crippen molar-refractivity contribution < 1.29 is 28.6 Å². The predicted octanol–water partition coefficient (Wildman–Crippen LogP) is 2.65. The van der Waals surface area contributed by atoms with Gasteiger partial charge in [0.15, 0.2) is 18.2 Å². The normalized spacial score (nSPS) is 10.2. The molecule has 0 atom stereocenters. The largest absolute Gasteiger partial charge is 0.452 e. The van der Waals surface area contributed by atoms with E-state index in [1.54, 1.807) is 0 Å². The number of carbonyl (C=O) groups is 3. The fourth-order valence-electron chi connectivity index (χ4n) is 2.71. The maximum absolute atomic E-state index is 12.9. The average molecular weight is 424 g/mol. The van der Waals surface area contributed by atoms with E-state index in [0.29, 0.717) is 0 Å². The smallest absolute Gasteiger partial charge is 0.339 e. The van der Waals surface area contributed by atoms with Gasteiger partial charge in [0.05, 0.1) is 10.5 Å². The van der Waals surface area contributed by atoms with Gasteiger partial charge in [-0.25, -0.2) is 4.79 Å². The summed E-state index contributed by atoms with van der Waals surface area (Å²) in [7, 11) is 1.52. The van der Waals surface area contributed by atoms with Crippen molar-refractivity contribution in [3.8, 4) is 0 Å². The van der Waals surface area contributed by atoms with Crippen molar-refractivity contribution >= 4 is 34.9 Å². The lowest BCUT2D eigenvalue weighted by Gasteiger charge is -2.10. The molecule has 0 saturated heterocycles. The van der Waals surface area contributed by atoms with E-state index in [4.69, 9.17) is 4.74 Å². The Kier molecular flexibility index (Phi) is 6.36. The monoisotopic (exact) mass is 424 g/mol. The van der Waals surface area contributed by atoms with Gasteiger partial charge in [-0.3, -0.25) is 19.7 Å². The lowest BCUT2D eigenvalue weighted by atomic mass is 9.97. The Labute approximate surface area is 175 Å². The van der Waals surface area contributed by atoms with E-state index in [1.807, 2.05) is 0 Å². The highest BCUT2D eigenvalue weighted by atomic mass is 16.6. The van der Waals surface area contributed by atoms with Gasteiger partial charge in [0.25, 0.3) is 11.6 Å². The molecule has 0 bridgehead atoms. The second-order valence-corrected chi connectivity index (χ2v) is 6.12. The van der Waals surface area contributed by atoms with Crippen LogP contribution in [-0.4, -0.2) is 41.4 Å². The standard InChI is InChI=1S/C20H16N4O7/c1-21-15-7-6-12(10-16(15)24(28)29)19(26)13-4-2-3-5-14(13)20(27)30-11-18(25)22-17-8-9-31-23-17/h2-10,21H,11H2,1H3,(H,22,23,25). The van der Waals surface area contributed by atoms with Crippen molar-refractivity contribution in [3.05, 3.63) is 81.6 Å². The SMILES string of the molecule is CNc1ccc(C(=O)c2ccccc2C(=O)OCC(=O)Nc2ccon2)cc1[N+](=O)[O-]. The van der Waals surface area contributed by atoms with Gasteiger partial charge < -0.3 is 19.9 Å². The Morgan fingerprint density at radius 3 is 2.52 bits per heavy atom. The predicted molar refractivity (Wildman–Crippen MR) is 108 cm³/mol. The third-order valence-electron chi connectivity index (χ3n) is 4.16. The van der Waals surface area contributed by atoms with Crippen LogP contribution < -0.4 is 10.6 Å². The summed E-state index contributed by atoms with van der Waals surface area (Å²) in [6, 6.07) is 11.2. The first kappa shape index (κ1) is 21.2. The average Bonchev–Trinajstić information content (AvgIpc) is 3.29. The van der Waals surface area contributed by atoms with Crippen LogP contribution in [0.25, 0.3) is 0 Å². The van der Waals surface area contributed by atoms with E-state index in [1.165, 1.54) is 55.8 Å². The van der Waals surface area contributed by atoms with E-state index in [-0.39, 0.29) is 33.9 Å². The van der Waals surface area contributed by atoms with Crippen LogP contribution >= 0.6 is 0 Å². The number of nitrogens with zero attached hydrogens (tertiary/aromatic N) is 2. The van der Waals surface area contributed by atoms with Crippen molar-refractivity contribution in [1.29, 1.82) is 0 Å². The van der Waals surface area contributed by atoms with Crippen molar-refractivity contribution in [1.82, 2.24) is 5.16 Å². The number of nitro benzene ring substituents is 1. The molecule has 2 aromatic carbocycles. The molecule has 158 valence electrons. The van der Waals surface area contributed by atoms with Gasteiger partial charge in [-0.05, 0) is 18.2 Å². The molecule has 2 N–H and O–H groups in total. The zero-order chi connectivity index (χ0) is 22.4. The number of amides is 1. The summed E-state index contributed by atoms with van der Waals surface area (Å²) < 4.78 is 9.56. The zero-order valence-corrected chi connectivity index (χ0v) is 16.2. The minimum atomic E-state index is -0.902. The molecular formula is C20H16N4O7. The zero-order valence-electron chi connectivity index (χ0n) is 16.2. The maximum atomic E-state index is 12.9. The summed E-state index contributed by atoms with van der Waals surface area (Å²) >= 11 is 0. The highest BCUT2D eigenvalue weighted by molar-refractivity contribution is 6.15. The number of nitrogens with one attached hydrogen (secondary N) is 2. The highest BCUT2D eigenvalue weighted by Crippen LogP contribution is 2.27. The van der Waals surface area contributed by atoms with Crippen molar-refractivity contribution in [3.63, 3.8) is 0 Å². The van der Waals surface area contributed by atoms with E-state index in [9.17, 15) is 24.5 Å². The molecule has 3 rings (SSSR count). The van der Waals surface area contributed by atoms with Crippen LogP contribution in [0.4, 0.5) is 17.2 Å². The first-order chi connectivity index (χ1) is 14.9. The molecule has 0 aliphatic heterocycles. The van der Waals surface area contributed by atoms with Gasteiger partial charge in [0.1, 0.15) is 12.0 Å². The van der Waals surface area contributed by atoms with Crippen LogP contribution in [0.3, 0.4) is 0 Å². The molecule has 0 saturated carbocycles. The number of nitro groups is 1. The molecule has 31 heavy (non-hydrogen) atoms. The van der Waals surface area contributed by atoms with Gasteiger partial charge in [-0.1, -0.05) is 23.4 Å². The molecule has 1 aromatic heterocycles. The number of rotatable bonds is 8. The summed E-state index contributed by atoms with van der Waals surface area (Å²) in [4.78, 5) is 47.9. The lowest BCUT2D eigenvalue weighted by Crippen LogP contribution is -2.22. The van der Waals surface area contributed by atoms with Gasteiger partial charge >= 0.3 is 5.97 Å². The number of carbonyl (C=O) groups excluding carboxylic acids is 3. The molecule has 11 nitrogen and oxygen atoms in total. The van der Waals surface area contributed by atoms with Gasteiger partial charge in [0, 0.05) is 30.3 Å². The molecule has 0 aliphatic rings. The van der Waals surface area contributed by atoms with Crippen LogP contribution in [0.15, 0.2) is 59.3 Å². The van der Waals surface area contributed by atoms with Crippen molar-refractivity contribution in [2.24, 2.45) is 0 Å². The lowest BCUT2D eigenvalue weighted by molar-refractivity contribution is -0.384. The third-order valence-corrected chi connectivity index (χ3v) is 4.16. The molecule has 0 fully saturated rings. The van der Waals surface area contributed by atoms with Crippen molar-refractivity contribution in [2.45, 2.75) is 0 Å². The number of benzene rings is 2. The Hall–Kier alpha value is -4.54. The Balaban J connectivity index is 1.78. The van der Waals surface area contributed by atoms with E-state index in [2.05, 4.69) is 20.3 Å². The highest BCUT2D eigenvalue weighted by Gasteiger charge is 2.23. The first-order valence-corrected chi connectivity index (χ1v) is 8.88. The summed E-state index contributed by atoms with van der Waals surface area (Å²) in [6.07, 6.45) is 1.26. The number of hydrogen-bond acceptors (Lipinski definition) is 9. The van der Waals surface area contributed by atoms with Gasteiger partial charge in [-0.15, -0.1) is 0 Å². The summed E-state index contributed by atoms with van der Waals surface area (Å²) in [6.45, 7) is -0.615. The molecule has 0 unspecified atom stereocenters. The van der Waals surface area contributed by atoms with Crippen LogP contribution in [0.2, 0.25) is 0 Å². The number of aromatic nitrogens is 1. The molecule has 1 amide bonds. The summed E-state index contributed by atoms with van der Waals surface area (Å²) in [5.74, 6) is -2.00. The van der Waals surface area contributed by atoms with E-state index < -0.39 is 29.2 Å². The number of anilines is 2. The maximum Gasteiger partial charge on any atom is 0.339 e. The minimum absolute atomic E-state index is 0.0177. The Bertz CT molecular complexity index is 1140. The quantitative estimate of drug-likeness (QED) is 0.240. The summed E-state index contributed by atoms with van der Waals surface area (Å²) in [5, 5.41) is 19.8. The minimum Gasteiger partial charge on any atom is -0.452 e. The Morgan fingerprint density at radius 1 is 1.13 bits per heavy atom. The first-order valence-electron chi connectivity index (χ1n) is 8.88. The van der Waals surface area contributed by atoms with E-state index in [0.717, 1.165) is 6.07 Å². The van der Waals surface area contributed by atoms with Crippen LogP contribution in [0, 0.1) is 10.1 Å². The molecule has 11 heteroatoms. The fourth-order valence-corrected chi connectivity index (χ4v) is 2.71. The van der Waals surface area contributed by atoms with Gasteiger partial charge in [-0.2, -0.15) is 0 Å². The molecular weight excluding hydrogens is 408 g/mol.